The molecule has 2 amide bonds. The normalized spacial score (nSPS) is 21.9. The number of Topliss-reactive ketones (excluding diaryl/α,β-unsaturated/α-hetero) is 1. The van der Waals surface area contributed by atoms with E-state index < -0.39 is 0 Å². The van der Waals surface area contributed by atoms with Gasteiger partial charge in [-0.15, -0.1) is 0 Å². The lowest BCUT2D eigenvalue weighted by Crippen LogP contribution is -2.62. The van der Waals surface area contributed by atoms with E-state index in [1.807, 2.05) is 28.0 Å². The van der Waals surface area contributed by atoms with Crippen molar-refractivity contribution in [3.8, 4) is 5.75 Å². The summed E-state index contributed by atoms with van der Waals surface area (Å²) in [5.74, 6) is 2.14. The van der Waals surface area contributed by atoms with Gasteiger partial charge in [-0.1, -0.05) is 39.8 Å². The first-order valence-electron chi connectivity index (χ1n) is 13.8. The molecule has 2 saturated heterocycles. The van der Waals surface area contributed by atoms with Crippen molar-refractivity contribution in [1.29, 1.82) is 0 Å². The van der Waals surface area contributed by atoms with E-state index in [-0.39, 0.29) is 29.7 Å². The van der Waals surface area contributed by atoms with Crippen LogP contribution in [0.5, 0.6) is 5.75 Å². The van der Waals surface area contributed by atoms with Gasteiger partial charge in [0.1, 0.15) is 11.8 Å². The van der Waals surface area contributed by atoms with Crippen molar-refractivity contribution in [3.05, 3.63) is 29.3 Å². The van der Waals surface area contributed by atoms with E-state index in [4.69, 9.17) is 4.74 Å². The van der Waals surface area contributed by atoms with Crippen LogP contribution in [-0.4, -0.2) is 72.3 Å². The first kappa shape index (κ1) is 26.6. The molecular formula is C29H43N3O4. The number of ether oxygens (including phenoxy) is 1. The molecule has 0 saturated carbocycles. The third kappa shape index (κ3) is 6.10. The van der Waals surface area contributed by atoms with Crippen LogP contribution in [0.2, 0.25) is 0 Å². The molecule has 0 spiro atoms. The lowest BCUT2D eigenvalue weighted by Gasteiger charge is -2.42. The van der Waals surface area contributed by atoms with Gasteiger partial charge in [0.15, 0.2) is 5.78 Å². The zero-order chi connectivity index (χ0) is 25.8. The van der Waals surface area contributed by atoms with E-state index >= 15 is 0 Å². The second kappa shape index (κ2) is 11.8. The van der Waals surface area contributed by atoms with Gasteiger partial charge < -0.3 is 19.9 Å². The molecule has 1 N–H and O–H groups in total. The van der Waals surface area contributed by atoms with Crippen LogP contribution in [0, 0.1) is 17.8 Å². The Labute approximate surface area is 215 Å². The van der Waals surface area contributed by atoms with E-state index in [2.05, 4.69) is 33.0 Å². The first-order valence-corrected chi connectivity index (χ1v) is 13.8. The number of carbonyl (C=O) groups is 3. The van der Waals surface area contributed by atoms with Crippen LogP contribution in [0.15, 0.2) is 18.2 Å². The minimum absolute atomic E-state index is 0.0715. The van der Waals surface area contributed by atoms with Crippen LogP contribution in [0.4, 0.5) is 0 Å². The van der Waals surface area contributed by atoms with Crippen LogP contribution in [0.1, 0.15) is 75.7 Å². The lowest BCUT2D eigenvalue weighted by molar-refractivity contribution is -0.150. The molecule has 4 rings (SSSR count). The molecule has 0 bridgehead atoms. The van der Waals surface area contributed by atoms with Crippen molar-refractivity contribution >= 4 is 17.6 Å². The van der Waals surface area contributed by atoms with Crippen molar-refractivity contribution in [2.75, 3.05) is 32.8 Å². The second-order valence-corrected chi connectivity index (χ2v) is 11.6. The van der Waals surface area contributed by atoms with Gasteiger partial charge in [-0.2, -0.15) is 0 Å². The van der Waals surface area contributed by atoms with Gasteiger partial charge in [0.05, 0.1) is 18.2 Å². The average Bonchev–Trinajstić information content (AvgIpc) is 3.23. The van der Waals surface area contributed by atoms with Crippen LogP contribution >= 0.6 is 0 Å². The number of nitrogens with zero attached hydrogens (tertiary/aromatic N) is 2. The maximum atomic E-state index is 13.7. The Balaban J connectivity index is 1.34. The second-order valence-electron chi connectivity index (χ2n) is 11.6. The summed E-state index contributed by atoms with van der Waals surface area (Å²) in [5, 5.41) is 3.36. The molecule has 198 valence electrons. The fourth-order valence-electron chi connectivity index (χ4n) is 5.86. The number of nitrogens with one attached hydrogen (secondary N) is 1. The highest BCUT2D eigenvalue weighted by molar-refractivity contribution is 6.02. The summed E-state index contributed by atoms with van der Waals surface area (Å²) in [7, 11) is 0. The Bertz CT molecular complexity index is 952. The number of likely N-dealkylation sites (tertiary alicyclic amines) is 1. The van der Waals surface area contributed by atoms with Crippen molar-refractivity contribution in [1.82, 2.24) is 15.1 Å². The van der Waals surface area contributed by atoms with E-state index in [9.17, 15) is 14.4 Å². The molecule has 36 heavy (non-hydrogen) atoms. The Morgan fingerprint density at radius 1 is 1.06 bits per heavy atom. The monoisotopic (exact) mass is 497 g/mol. The molecule has 1 aromatic rings. The lowest BCUT2D eigenvalue weighted by atomic mass is 9.94. The number of fused-ring (bicyclic) bond motifs is 1. The number of hydrogen-bond acceptors (Lipinski definition) is 5. The van der Waals surface area contributed by atoms with Crippen LogP contribution in [0.25, 0.3) is 0 Å². The number of hydrogen-bond donors (Lipinski definition) is 1. The number of amides is 2. The maximum absolute atomic E-state index is 13.7. The summed E-state index contributed by atoms with van der Waals surface area (Å²) < 4.78 is 6.12. The summed E-state index contributed by atoms with van der Waals surface area (Å²) in [6, 6.07) is 5.29. The minimum Gasteiger partial charge on any atom is -0.493 e. The first-order chi connectivity index (χ1) is 17.2. The van der Waals surface area contributed by atoms with Crippen molar-refractivity contribution < 1.29 is 19.1 Å². The van der Waals surface area contributed by atoms with Gasteiger partial charge in [-0.05, 0) is 61.5 Å². The Kier molecular flexibility index (Phi) is 8.70. The van der Waals surface area contributed by atoms with Crippen LogP contribution in [-0.2, 0) is 16.0 Å². The Morgan fingerprint density at radius 2 is 1.81 bits per heavy atom. The summed E-state index contributed by atoms with van der Waals surface area (Å²) in [6.45, 7) is 11.7. The molecule has 3 aliphatic rings. The molecule has 2 fully saturated rings. The van der Waals surface area contributed by atoms with E-state index in [0.29, 0.717) is 62.6 Å². The number of piperidine rings is 1. The molecule has 2 heterocycles. The number of aryl methyl sites for hydroxylation is 1. The Morgan fingerprint density at radius 3 is 2.50 bits per heavy atom. The standard InChI is InChI=1S/C29H43N3O4/c1-19(2)16-23-28(34)32(15-12-30-23)24(17-20(3)4)29(35)31-13-10-21(11-14-31)18-36-26-7-5-6-22-8-9-25(33)27(22)26/h5-7,19-21,23-24,30H,8-18H2,1-4H3/t23-,24?/m0/s1. The molecule has 0 radical (unpaired) electrons. The van der Waals surface area contributed by atoms with Crippen LogP contribution < -0.4 is 10.1 Å². The largest absolute Gasteiger partial charge is 0.493 e. The summed E-state index contributed by atoms with van der Waals surface area (Å²) in [5.41, 5.74) is 1.85. The average molecular weight is 498 g/mol. The molecular weight excluding hydrogens is 454 g/mol. The van der Waals surface area contributed by atoms with Gasteiger partial charge in [-0.3, -0.25) is 14.4 Å². The van der Waals surface area contributed by atoms with E-state index in [0.717, 1.165) is 43.4 Å². The SMILES string of the molecule is CC(C)CC(C(=O)N1CCC(COc2cccc3c2C(=O)CC3)CC1)N1CCN[C@@H](CC(C)C)C1=O. The van der Waals surface area contributed by atoms with Crippen molar-refractivity contribution in [2.45, 2.75) is 78.3 Å². The van der Waals surface area contributed by atoms with Gasteiger partial charge in [0.2, 0.25) is 11.8 Å². The number of carbonyl (C=O) groups excluding carboxylic acids is 3. The highest BCUT2D eigenvalue weighted by Crippen LogP contribution is 2.31. The molecule has 2 atom stereocenters. The molecule has 7 heteroatoms. The molecule has 2 aliphatic heterocycles. The van der Waals surface area contributed by atoms with Gasteiger partial charge in [0.25, 0.3) is 0 Å². The fraction of sp³-hybridized carbons (Fsp3) is 0.690. The number of rotatable bonds is 9. The van der Waals surface area contributed by atoms with E-state index in [1.54, 1.807) is 0 Å². The predicted octanol–water partition coefficient (Wildman–Crippen LogP) is 3.69. The number of piperazine rings is 1. The molecule has 7 nitrogen and oxygen atoms in total. The zero-order valence-corrected chi connectivity index (χ0v) is 22.4. The molecule has 1 unspecified atom stereocenters. The fourth-order valence-corrected chi connectivity index (χ4v) is 5.86. The smallest absolute Gasteiger partial charge is 0.245 e. The van der Waals surface area contributed by atoms with Crippen LogP contribution in [0.3, 0.4) is 0 Å². The highest BCUT2D eigenvalue weighted by atomic mass is 16.5. The summed E-state index contributed by atoms with van der Waals surface area (Å²) in [4.78, 5) is 43.1. The number of ketones is 1. The molecule has 0 aromatic heterocycles. The third-order valence-corrected chi connectivity index (χ3v) is 7.80. The molecule has 1 aliphatic carbocycles. The topological polar surface area (TPSA) is 79.0 Å². The van der Waals surface area contributed by atoms with Gasteiger partial charge in [0, 0.05) is 32.6 Å². The zero-order valence-electron chi connectivity index (χ0n) is 22.4. The van der Waals surface area contributed by atoms with Gasteiger partial charge in [-0.25, -0.2) is 0 Å². The number of benzene rings is 1. The van der Waals surface area contributed by atoms with E-state index in [1.165, 1.54) is 0 Å². The van der Waals surface area contributed by atoms with Gasteiger partial charge >= 0.3 is 0 Å². The third-order valence-electron chi connectivity index (χ3n) is 7.80. The minimum atomic E-state index is -0.389. The predicted molar refractivity (Wildman–Crippen MR) is 140 cm³/mol. The molecule has 1 aromatic carbocycles. The quantitative estimate of drug-likeness (QED) is 0.563. The Hall–Kier alpha value is -2.41. The maximum Gasteiger partial charge on any atom is 0.245 e. The van der Waals surface area contributed by atoms with Crippen molar-refractivity contribution in [2.24, 2.45) is 17.8 Å². The summed E-state index contributed by atoms with van der Waals surface area (Å²) >= 11 is 0. The van der Waals surface area contributed by atoms with Crippen molar-refractivity contribution in [3.63, 3.8) is 0 Å². The summed E-state index contributed by atoms with van der Waals surface area (Å²) in [6.07, 6.45) is 4.59. The highest BCUT2D eigenvalue weighted by Gasteiger charge is 2.39.